The quantitative estimate of drug-likeness (QED) is 0.791. The second-order valence-electron chi connectivity index (χ2n) is 4.40. The lowest BCUT2D eigenvalue weighted by Gasteiger charge is -2.27. The third-order valence-electron chi connectivity index (χ3n) is 2.65. The number of hydrogen-bond acceptors (Lipinski definition) is 3. The Morgan fingerprint density at radius 1 is 1.36 bits per heavy atom. The second kappa shape index (κ2) is 4.51. The highest BCUT2D eigenvalue weighted by Crippen LogP contribution is 2.26. The lowest BCUT2D eigenvalue weighted by atomic mass is 9.81. The van der Waals surface area contributed by atoms with Gasteiger partial charge in [0.1, 0.15) is 6.33 Å². The minimum Gasteiger partial charge on any atom is -0.317 e. The molecule has 1 rings (SSSR count). The third-order valence-corrected chi connectivity index (χ3v) is 2.65. The molecule has 0 fully saturated rings. The van der Waals surface area contributed by atoms with Gasteiger partial charge in [-0.1, -0.05) is 13.8 Å². The molecular formula is C11H19N3. The smallest absolute Gasteiger partial charge is 0.115 e. The maximum Gasteiger partial charge on any atom is 0.115 e. The summed E-state index contributed by atoms with van der Waals surface area (Å²) in [4.78, 5) is 8.11. The lowest BCUT2D eigenvalue weighted by Crippen LogP contribution is -2.31. The molecule has 14 heavy (non-hydrogen) atoms. The maximum absolute atomic E-state index is 4.05. The largest absolute Gasteiger partial charge is 0.317 e. The molecule has 1 N–H and O–H groups in total. The van der Waals surface area contributed by atoms with Crippen molar-refractivity contribution in [2.45, 2.75) is 38.6 Å². The molecule has 1 unspecified atom stereocenters. The zero-order chi connectivity index (χ0) is 10.6. The fourth-order valence-corrected chi connectivity index (χ4v) is 1.63. The van der Waals surface area contributed by atoms with Gasteiger partial charge in [-0.2, -0.15) is 0 Å². The molecule has 1 atom stereocenters. The zero-order valence-electron chi connectivity index (χ0n) is 9.41. The number of nitrogens with one attached hydrogen (secondary N) is 1. The van der Waals surface area contributed by atoms with Gasteiger partial charge in [0, 0.05) is 18.4 Å². The Morgan fingerprint density at radius 2 is 1.93 bits per heavy atom. The first-order chi connectivity index (χ1) is 6.56. The Balaban J connectivity index is 2.75. The Bertz CT molecular complexity index is 269. The standard InChI is InChI=1S/C11H19N3/c1-9(12-4)5-11(2,3)10-6-13-8-14-7-10/h6-9,12H,5H2,1-4H3. The Kier molecular flexibility index (Phi) is 3.58. The normalized spacial score (nSPS) is 14.0. The lowest BCUT2D eigenvalue weighted by molar-refractivity contribution is 0.403. The van der Waals surface area contributed by atoms with E-state index in [1.54, 1.807) is 6.33 Å². The van der Waals surface area contributed by atoms with Gasteiger partial charge in [-0.25, -0.2) is 9.97 Å². The summed E-state index contributed by atoms with van der Waals surface area (Å²) in [6, 6.07) is 0.505. The SMILES string of the molecule is CNC(C)CC(C)(C)c1cncnc1. The predicted octanol–water partition coefficient (Wildman–Crippen LogP) is 1.75. The van der Waals surface area contributed by atoms with E-state index >= 15 is 0 Å². The van der Waals surface area contributed by atoms with Crippen molar-refractivity contribution in [2.24, 2.45) is 0 Å². The molecule has 3 heteroatoms. The first-order valence-corrected chi connectivity index (χ1v) is 4.99. The van der Waals surface area contributed by atoms with E-state index in [4.69, 9.17) is 0 Å². The summed E-state index contributed by atoms with van der Waals surface area (Å²) in [5.74, 6) is 0. The van der Waals surface area contributed by atoms with Crippen LogP contribution in [0.5, 0.6) is 0 Å². The highest BCUT2D eigenvalue weighted by atomic mass is 14.9. The van der Waals surface area contributed by atoms with Gasteiger partial charge in [0.2, 0.25) is 0 Å². The fourth-order valence-electron chi connectivity index (χ4n) is 1.63. The third kappa shape index (κ3) is 2.77. The number of rotatable bonds is 4. The first kappa shape index (κ1) is 11.1. The van der Waals surface area contributed by atoms with Crippen molar-refractivity contribution in [3.63, 3.8) is 0 Å². The van der Waals surface area contributed by atoms with Crippen molar-refractivity contribution in [3.05, 3.63) is 24.3 Å². The molecular weight excluding hydrogens is 174 g/mol. The van der Waals surface area contributed by atoms with Gasteiger partial charge < -0.3 is 5.32 Å². The molecule has 1 aromatic rings. The van der Waals surface area contributed by atoms with E-state index in [0.29, 0.717) is 6.04 Å². The van der Waals surface area contributed by atoms with Crippen LogP contribution < -0.4 is 5.32 Å². The van der Waals surface area contributed by atoms with Crippen LogP contribution >= 0.6 is 0 Å². The van der Waals surface area contributed by atoms with Crippen LogP contribution in [0.25, 0.3) is 0 Å². The monoisotopic (exact) mass is 193 g/mol. The molecule has 0 aliphatic rings. The van der Waals surface area contributed by atoms with Crippen LogP contribution in [0, 0.1) is 0 Å². The Labute approximate surface area is 86.0 Å². The van der Waals surface area contributed by atoms with E-state index in [2.05, 4.69) is 36.1 Å². The minimum atomic E-state index is 0.129. The molecule has 0 spiro atoms. The summed E-state index contributed by atoms with van der Waals surface area (Å²) in [6.45, 7) is 6.63. The van der Waals surface area contributed by atoms with Crippen LogP contribution in [0.1, 0.15) is 32.8 Å². The first-order valence-electron chi connectivity index (χ1n) is 4.99. The summed E-state index contributed by atoms with van der Waals surface area (Å²) in [7, 11) is 1.99. The van der Waals surface area contributed by atoms with Gasteiger partial charge in [0.15, 0.2) is 0 Å². The predicted molar refractivity (Wildman–Crippen MR) is 58.2 cm³/mol. The average Bonchev–Trinajstić information content (AvgIpc) is 2.18. The molecule has 1 heterocycles. The molecule has 0 aromatic carbocycles. The average molecular weight is 193 g/mol. The molecule has 1 aromatic heterocycles. The van der Waals surface area contributed by atoms with Gasteiger partial charge in [-0.05, 0) is 31.4 Å². The van der Waals surface area contributed by atoms with Crippen molar-refractivity contribution >= 4 is 0 Å². The molecule has 0 saturated carbocycles. The van der Waals surface area contributed by atoms with Crippen molar-refractivity contribution < 1.29 is 0 Å². The van der Waals surface area contributed by atoms with Gasteiger partial charge in [-0.15, -0.1) is 0 Å². The summed E-state index contributed by atoms with van der Waals surface area (Å²) < 4.78 is 0. The van der Waals surface area contributed by atoms with E-state index in [1.165, 1.54) is 5.56 Å². The molecule has 0 aliphatic carbocycles. The molecule has 3 nitrogen and oxygen atoms in total. The summed E-state index contributed by atoms with van der Waals surface area (Å²) in [5, 5.41) is 3.25. The molecule has 0 amide bonds. The Morgan fingerprint density at radius 3 is 2.43 bits per heavy atom. The van der Waals surface area contributed by atoms with Crippen LogP contribution in [0.3, 0.4) is 0 Å². The topological polar surface area (TPSA) is 37.8 Å². The van der Waals surface area contributed by atoms with Gasteiger partial charge in [-0.3, -0.25) is 0 Å². The van der Waals surface area contributed by atoms with Crippen molar-refractivity contribution in [3.8, 4) is 0 Å². The van der Waals surface area contributed by atoms with E-state index in [0.717, 1.165) is 6.42 Å². The van der Waals surface area contributed by atoms with Crippen molar-refractivity contribution in [2.75, 3.05) is 7.05 Å². The van der Waals surface area contributed by atoms with Crippen LogP contribution in [0.4, 0.5) is 0 Å². The molecule has 0 saturated heterocycles. The van der Waals surface area contributed by atoms with E-state index in [9.17, 15) is 0 Å². The molecule has 0 aliphatic heterocycles. The molecule has 0 radical (unpaired) electrons. The van der Waals surface area contributed by atoms with Gasteiger partial charge >= 0.3 is 0 Å². The van der Waals surface area contributed by atoms with Crippen LogP contribution in [0.2, 0.25) is 0 Å². The number of nitrogens with zero attached hydrogens (tertiary/aromatic N) is 2. The number of aromatic nitrogens is 2. The van der Waals surface area contributed by atoms with Gasteiger partial charge in [0.25, 0.3) is 0 Å². The van der Waals surface area contributed by atoms with Gasteiger partial charge in [0.05, 0.1) is 0 Å². The Hall–Kier alpha value is -0.960. The minimum absolute atomic E-state index is 0.129. The summed E-state index contributed by atoms with van der Waals surface area (Å²) >= 11 is 0. The highest BCUT2D eigenvalue weighted by Gasteiger charge is 2.23. The van der Waals surface area contributed by atoms with Crippen molar-refractivity contribution in [1.82, 2.24) is 15.3 Å². The van der Waals surface area contributed by atoms with Crippen LogP contribution in [0.15, 0.2) is 18.7 Å². The van der Waals surface area contributed by atoms with Crippen molar-refractivity contribution in [1.29, 1.82) is 0 Å². The zero-order valence-corrected chi connectivity index (χ0v) is 9.41. The van der Waals surface area contributed by atoms with Crippen LogP contribution in [-0.4, -0.2) is 23.1 Å². The van der Waals surface area contributed by atoms with E-state index in [-0.39, 0.29) is 5.41 Å². The fraction of sp³-hybridized carbons (Fsp3) is 0.636. The van der Waals surface area contributed by atoms with E-state index in [1.807, 2.05) is 19.4 Å². The molecule has 0 bridgehead atoms. The highest BCUT2D eigenvalue weighted by molar-refractivity contribution is 5.16. The summed E-state index contributed by atoms with van der Waals surface area (Å²) in [6.07, 6.45) is 6.45. The summed E-state index contributed by atoms with van der Waals surface area (Å²) in [5.41, 5.74) is 1.33. The maximum atomic E-state index is 4.05. The van der Waals surface area contributed by atoms with Crippen LogP contribution in [-0.2, 0) is 5.41 Å². The van der Waals surface area contributed by atoms with E-state index < -0.39 is 0 Å². The number of hydrogen-bond donors (Lipinski definition) is 1. The second-order valence-corrected chi connectivity index (χ2v) is 4.40. The molecule has 78 valence electrons.